The molecule has 3 aliphatic rings. The third-order valence-corrected chi connectivity index (χ3v) is 8.29. The molecular weight excluding hydrogens is 452 g/mol. The number of carbonyl (C=O) groups is 1. The molecule has 7 rings (SSSR count). The van der Waals surface area contributed by atoms with Crippen molar-refractivity contribution in [2.75, 3.05) is 6.61 Å². The highest BCUT2D eigenvalue weighted by Gasteiger charge is 2.51. The molecule has 0 spiro atoms. The fourth-order valence-electron chi connectivity index (χ4n) is 6.66. The first kappa shape index (κ1) is 21.6. The molecule has 2 unspecified atom stereocenters. The lowest BCUT2D eigenvalue weighted by Crippen LogP contribution is -2.52. The van der Waals surface area contributed by atoms with Gasteiger partial charge >= 0.3 is 6.09 Å². The Labute approximate surface area is 209 Å². The summed E-state index contributed by atoms with van der Waals surface area (Å²) < 4.78 is 7.70. The topological polar surface area (TPSA) is 80.0 Å². The third kappa shape index (κ3) is 3.26. The second-order valence-electron chi connectivity index (χ2n) is 10.5. The number of aromatic nitrogens is 3. The van der Waals surface area contributed by atoms with Crippen LogP contribution in [0.4, 0.5) is 4.79 Å². The van der Waals surface area contributed by atoms with Crippen molar-refractivity contribution in [1.82, 2.24) is 19.5 Å². The Balaban J connectivity index is 1.09. The van der Waals surface area contributed by atoms with E-state index in [2.05, 4.69) is 46.5 Å². The van der Waals surface area contributed by atoms with Gasteiger partial charge in [-0.2, -0.15) is 5.10 Å². The second kappa shape index (κ2) is 7.90. The summed E-state index contributed by atoms with van der Waals surface area (Å²) in [6.45, 7) is 2.24. The molecule has 0 saturated carbocycles. The minimum atomic E-state index is -1.03. The molecule has 2 saturated heterocycles. The van der Waals surface area contributed by atoms with E-state index in [0.717, 1.165) is 29.7 Å². The molecule has 7 nitrogen and oxygen atoms in total. The number of aliphatic hydroxyl groups is 1. The van der Waals surface area contributed by atoms with Crippen LogP contribution in [0.2, 0.25) is 0 Å². The van der Waals surface area contributed by atoms with E-state index in [0.29, 0.717) is 19.4 Å². The Bertz CT molecular complexity index is 1440. The van der Waals surface area contributed by atoms with Crippen LogP contribution in [-0.2, 0) is 10.3 Å². The number of rotatable bonds is 3. The van der Waals surface area contributed by atoms with E-state index in [4.69, 9.17) is 4.74 Å². The lowest BCUT2D eigenvalue weighted by molar-refractivity contribution is -0.0536. The number of hydrogen-bond acceptors (Lipinski definition) is 5. The van der Waals surface area contributed by atoms with Crippen LogP contribution in [0.5, 0.6) is 0 Å². The maximum Gasteiger partial charge on any atom is 0.410 e. The van der Waals surface area contributed by atoms with Gasteiger partial charge in [0.2, 0.25) is 0 Å². The quantitative estimate of drug-likeness (QED) is 0.456. The van der Waals surface area contributed by atoms with Crippen molar-refractivity contribution in [3.05, 3.63) is 89.4 Å². The van der Waals surface area contributed by atoms with Gasteiger partial charge < -0.3 is 14.7 Å². The van der Waals surface area contributed by atoms with Crippen LogP contribution in [0.15, 0.2) is 67.0 Å². The molecule has 7 heteroatoms. The van der Waals surface area contributed by atoms with Gasteiger partial charge in [-0.1, -0.05) is 48.5 Å². The summed E-state index contributed by atoms with van der Waals surface area (Å²) in [5.74, 6) is 0.0380. The first-order valence-electron chi connectivity index (χ1n) is 12.7. The van der Waals surface area contributed by atoms with Gasteiger partial charge in [0, 0.05) is 54.9 Å². The maximum atomic E-state index is 13.4. The molecule has 1 aliphatic carbocycles. The molecule has 1 N–H and O–H groups in total. The summed E-state index contributed by atoms with van der Waals surface area (Å²) in [7, 11) is 0. The van der Waals surface area contributed by atoms with E-state index in [1.807, 2.05) is 36.2 Å². The molecule has 2 aliphatic heterocycles. The average Bonchev–Trinajstić information content (AvgIpc) is 3.51. The number of hydrogen-bond donors (Lipinski definition) is 1. The fraction of sp³-hybridized carbons (Fsp3) is 0.345. The SMILES string of the molecule is Cc1cc2ncc(C3(O)CC4CCC(C3)N4C(=O)OCC3c4ccccc4-c4ccccc43)cn2n1. The van der Waals surface area contributed by atoms with Crippen LogP contribution in [0.1, 0.15) is 54.0 Å². The van der Waals surface area contributed by atoms with E-state index in [-0.39, 0.29) is 24.1 Å². The highest BCUT2D eigenvalue weighted by atomic mass is 16.6. The van der Waals surface area contributed by atoms with Gasteiger partial charge in [0.1, 0.15) is 6.61 Å². The lowest BCUT2D eigenvalue weighted by Gasteiger charge is -2.43. The van der Waals surface area contributed by atoms with Gasteiger partial charge in [0.25, 0.3) is 0 Å². The molecule has 2 fully saturated rings. The van der Waals surface area contributed by atoms with Crippen LogP contribution in [0, 0.1) is 6.92 Å². The maximum absolute atomic E-state index is 13.4. The van der Waals surface area contributed by atoms with Crippen LogP contribution in [0.25, 0.3) is 16.8 Å². The van der Waals surface area contributed by atoms with Gasteiger partial charge in [-0.15, -0.1) is 0 Å². The monoisotopic (exact) mass is 480 g/mol. The van der Waals surface area contributed by atoms with Gasteiger partial charge in [-0.05, 0) is 42.0 Å². The number of benzene rings is 2. The van der Waals surface area contributed by atoms with Crippen molar-refractivity contribution in [2.45, 2.75) is 56.2 Å². The number of aryl methyl sites for hydroxylation is 1. The number of carbonyl (C=O) groups excluding carboxylic acids is 1. The average molecular weight is 481 g/mol. The third-order valence-electron chi connectivity index (χ3n) is 8.29. The normalized spacial score (nSPS) is 24.7. The summed E-state index contributed by atoms with van der Waals surface area (Å²) in [6.07, 6.45) is 6.03. The van der Waals surface area contributed by atoms with Crippen molar-refractivity contribution < 1.29 is 14.6 Å². The zero-order valence-corrected chi connectivity index (χ0v) is 20.2. The van der Waals surface area contributed by atoms with Crippen molar-refractivity contribution in [3.8, 4) is 11.1 Å². The molecule has 2 aromatic heterocycles. The number of ether oxygens (including phenoxy) is 1. The van der Waals surface area contributed by atoms with Crippen LogP contribution >= 0.6 is 0 Å². The van der Waals surface area contributed by atoms with E-state index >= 15 is 0 Å². The Hall–Kier alpha value is -3.71. The molecule has 2 atom stereocenters. The minimum Gasteiger partial charge on any atom is -0.448 e. The standard InChI is InChI=1S/C29H28N4O3/c1-18-12-27-30-15-19(16-32(27)31-18)29(35)13-20-10-11-21(14-29)33(20)28(34)36-17-26-24-8-4-2-6-22(24)23-7-3-5-9-25(23)26/h2-9,12,15-16,20-21,26,35H,10-11,13-14,17H2,1H3. The number of piperidine rings is 1. The van der Waals surface area contributed by atoms with E-state index in [1.54, 1.807) is 10.7 Å². The molecule has 2 bridgehead atoms. The van der Waals surface area contributed by atoms with Crippen LogP contribution < -0.4 is 0 Å². The summed E-state index contributed by atoms with van der Waals surface area (Å²) in [4.78, 5) is 19.7. The largest absolute Gasteiger partial charge is 0.448 e. The van der Waals surface area contributed by atoms with Crippen molar-refractivity contribution in [1.29, 1.82) is 0 Å². The molecule has 182 valence electrons. The Morgan fingerprint density at radius 1 is 1.06 bits per heavy atom. The van der Waals surface area contributed by atoms with Gasteiger partial charge in [-0.3, -0.25) is 0 Å². The highest BCUT2D eigenvalue weighted by Crippen LogP contribution is 2.47. The van der Waals surface area contributed by atoms with E-state index in [1.165, 1.54) is 22.3 Å². The second-order valence-corrected chi connectivity index (χ2v) is 10.5. The number of fused-ring (bicyclic) bond motifs is 6. The molecule has 2 aromatic carbocycles. The fourth-order valence-corrected chi connectivity index (χ4v) is 6.66. The molecule has 4 aromatic rings. The zero-order chi connectivity index (χ0) is 24.4. The summed E-state index contributed by atoms with van der Waals surface area (Å²) >= 11 is 0. The number of nitrogens with zero attached hydrogens (tertiary/aromatic N) is 4. The predicted octanol–water partition coefficient (Wildman–Crippen LogP) is 4.80. The summed E-state index contributed by atoms with van der Waals surface area (Å²) in [6, 6.07) is 18.5. The minimum absolute atomic E-state index is 0.0380. The summed E-state index contributed by atoms with van der Waals surface area (Å²) in [5.41, 5.74) is 6.22. The van der Waals surface area contributed by atoms with Crippen molar-refractivity contribution in [3.63, 3.8) is 0 Å². The van der Waals surface area contributed by atoms with Gasteiger partial charge in [0.15, 0.2) is 5.65 Å². The van der Waals surface area contributed by atoms with E-state index < -0.39 is 5.60 Å². The molecule has 36 heavy (non-hydrogen) atoms. The molecule has 0 radical (unpaired) electrons. The molecule has 1 amide bonds. The Morgan fingerprint density at radius 2 is 1.69 bits per heavy atom. The summed E-state index contributed by atoms with van der Waals surface area (Å²) in [5, 5.41) is 16.1. The van der Waals surface area contributed by atoms with Gasteiger partial charge in [0.05, 0.1) is 11.3 Å². The van der Waals surface area contributed by atoms with Crippen molar-refractivity contribution in [2.24, 2.45) is 0 Å². The number of amides is 1. The Morgan fingerprint density at radius 3 is 2.36 bits per heavy atom. The predicted molar refractivity (Wildman–Crippen MR) is 135 cm³/mol. The molecule has 4 heterocycles. The first-order chi connectivity index (χ1) is 17.5. The molecular formula is C29H28N4O3. The van der Waals surface area contributed by atoms with Crippen LogP contribution in [-0.4, -0.2) is 49.4 Å². The van der Waals surface area contributed by atoms with Gasteiger partial charge in [-0.25, -0.2) is 14.3 Å². The van der Waals surface area contributed by atoms with Crippen molar-refractivity contribution >= 4 is 11.7 Å². The highest BCUT2D eigenvalue weighted by molar-refractivity contribution is 5.79. The first-order valence-corrected chi connectivity index (χ1v) is 12.7. The Kier molecular flexibility index (Phi) is 4.73. The van der Waals surface area contributed by atoms with E-state index in [9.17, 15) is 9.90 Å². The smallest absolute Gasteiger partial charge is 0.410 e. The van der Waals surface area contributed by atoms with Crippen LogP contribution in [0.3, 0.4) is 0 Å². The lowest BCUT2D eigenvalue weighted by atomic mass is 9.82. The zero-order valence-electron chi connectivity index (χ0n) is 20.2.